The third-order valence-electron chi connectivity index (χ3n) is 3.71. The maximum atomic E-state index is 3.99. The molecular weight excluding hydrogens is 252 g/mol. The second-order valence-corrected chi connectivity index (χ2v) is 5.28. The van der Waals surface area contributed by atoms with Crippen LogP contribution in [-0.2, 0) is 0 Å². The minimum Gasteiger partial charge on any atom is -0.385 e. The van der Waals surface area contributed by atoms with E-state index in [1.165, 1.54) is 12.8 Å². The van der Waals surface area contributed by atoms with Crippen molar-refractivity contribution in [1.82, 2.24) is 25.5 Å². The molecule has 6 nitrogen and oxygen atoms in total. The Morgan fingerprint density at radius 2 is 2.40 bits per heavy atom. The summed E-state index contributed by atoms with van der Waals surface area (Å²) >= 11 is 0. The maximum Gasteiger partial charge on any atom is 0.153 e. The van der Waals surface area contributed by atoms with Crippen LogP contribution >= 0.6 is 0 Å². The lowest BCUT2D eigenvalue weighted by atomic mass is 10.00. The van der Waals surface area contributed by atoms with E-state index >= 15 is 0 Å². The Hall–Kier alpha value is -1.95. The van der Waals surface area contributed by atoms with E-state index < -0.39 is 0 Å². The molecule has 0 saturated carbocycles. The summed E-state index contributed by atoms with van der Waals surface area (Å²) in [5.41, 5.74) is 2.10. The molecule has 1 aromatic carbocycles. The Balaban J connectivity index is 1.67. The van der Waals surface area contributed by atoms with Gasteiger partial charge in [-0.15, -0.1) is 5.10 Å². The number of aryl methyl sites for hydroxylation is 1. The SMILES string of the molecule is Cc1nnnn1-c1cccc(NCC2CCCNC2)c1. The summed E-state index contributed by atoms with van der Waals surface area (Å²) in [7, 11) is 0. The predicted molar refractivity (Wildman–Crippen MR) is 78.0 cm³/mol. The summed E-state index contributed by atoms with van der Waals surface area (Å²) in [6.07, 6.45) is 2.57. The number of piperidine rings is 1. The molecule has 106 valence electrons. The molecule has 0 bridgehead atoms. The van der Waals surface area contributed by atoms with E-state index in [1.807, 2.05) is 19.1 Å². The van der Waals surface area contributed by atoms with Crippen molar-refractivity contribution >= 4 is 5.69 Å². The lowest BCUT2D eigenvalue weighted by Crippen LogP contribution is -2.33. The maximum absolute atomic E-state index is 3.99. The van der Waals surface area contributed by atoms with Crippen molar-refractivity contribution < 1.29 is 0 Å². The van der Waals surface area contributed by atoms with Gasteiger partial charge in [-0.05, 0) is 67.4 Å². The van der Waals surface area contributed by atoms with Gasteiger partial charge in [0.2, 0.25) is 0 Å². The summed E-state index contributed by atoms with van der Waals surface area (Å²) in [6.45, 7) is 5.17. The molecule has 1 unspecified atom stereocenters. The van der Waals surface area contributed by atoms with Crippen LogP contribution in [0.15, 0.2) is 24.3 Å². The molecule has 1 fully saturated rings. The second-order valence-electron chi connectivity index (χ2n) is 5.28. The van der Waals surface area contributed by atoms with E-state index in [0.29, 0.717) is 5.92 Å². The molecule has 20 heavy (non-hydrogen) atoms. The number of nitrogens with zero attached hydrogens (tertiary/aromatic N) is 4. The molecule has 0 amide bonds. The number of hydrogen-bond acceptors (Lipinski definition) is 5. The average Bonchev–Trinajstić information content (AvgIpc) is 2.93. The van der Waals surface area contributed by atoms with Crippen LogP contribution in [0.5, 0.6) is 0 Å². The molecule has 6 heteroatoms. The molecule has 0 aliphatic carbocycles. The van der Waals surface area contributed by atoms with Gasteiger partial charge in [-0.25, -0.2) is 0 Å². The van der Waals surface area contributed by atoms with Crippen LogP contribution in [0, 0.1) is 12.8 Å². The van der Waals surface area contributed by atoms with Gasteiger partial charge in [0.15, 0.2) is 5.82 Å². The van der Waals surface area contributed by atoms with Crippen LogP contribution in [0.1, 0.15) is 18.7 Å². The molecule has 1 saturated heterocycles. The summed E-state index contributed by atoms with van der Waals surface area (Å²) < 4.78 is 1.74. The number of anilines is 1. The van der Waals surface area contributed by atoms with Gasteiger partial charge in [0.1, 0.15) is 0 Å². The number of benzene rings is 1. The van der Waals surface area contributed by atoms with E-state index in [9.17, 15) is 0 Å². The fraction of sp³-hybridized carbons (Fsp3) is 0.500. The minimum absolute atomic E-state index is 0.710. The lowest BCUT2D eigenvalue weighted by Gasteiger charge is -2.23. The van der Waals surface area contributed by atoms with Gasteiger partial charge in [-0.2, -0.15) is 4.68 Å². The molecule has 2 heterocycles. The fourth-order valence-corrected chi connectivity index (χ4v) is 2.58. The van der Waals surface area contributed by atoms with E-state index in [4.69, 9.17) is 0 Å². The van der Waals surface area contributed by atoms with Crippen LogP contribution in [0.4, 0.5) is 5.69 Å². The Labute approximate surface area is 118 Å². The fourth-order valence-electron chi connectivity index (χ4n) is 2.58. The van der Waals surface area contributed by atoms with Gasteiger partial charge in [-0.3, -0.25) is 0 Å². The van der Waals surface area contributed by atoms with Crippen LogP contribution < -0.4 is 10.6 Å². The molecule has 1 aliphatic heterocycles. The summed E-state index contributed by atoms with van der Waals surface area (Å²) in [4.78, 5) is 0. The van der Waals surface area contributed by atoms with Crippen LogP contribution in [0.2, 0.25) is 0 Å². The van der Waals surface area contributed by atoms with Crippen molar-refractivity contribution in [2.45, 2.75) is 19.8 Å². The van der Waals surface area contributed by atoms with E-state index in [1.54, 1.807) is 4.68 Å². The Bertz CT molecular complexity index is 558. The number of tetrazole rings is 1. The van der Waals surface area contributed by atoms with Crippen LogP contribution in [0.3, 0.4) is 0 Å². The Morgan fingerprint density at radius 1 is 1.45 bits per heavy atom. The standard InChI is InChI=1S/C14H20N6/c1-11-17-18-19-20(11)14-6-2-5-13(8-14)16-10-12-4-3-7-15-9-12/h2,5-6,8,12,15-16H,3-4,7,9-10H2,1H3. The van der Waals surface area contributed by atoms with Gasteiger partial charge in [0, 0.05) is 12.2 Å². The lowest BCUT2D eigenvalue weighted by molar-refractivity contribution is 0.393. The molecule has 3 rings (SSSR count). The van der Waals surface area contributed by atoms with Crippen LogP contribution in [0.25, 0.3) is 5.69 Å². The largest absolute Gasteiger partial charge is 0.385 e. The monoisotopic (exact) mass is 272 g/mol. The minimum atomic E-state index is 0.710. The van der Waals surface area contributed by atoms with Crippen LogP contribution in [-0.4, -0.2) is 39.8 Å². The molecule has 0 spiro atoms. The summed E-state index contributed by atoms with van der Waals surface area (Å²) in [6, 6.07) is 8.20. The Kier molecular flexibility index (Phi) is 3.92. The summed E-state index contributed by atoms with van der Waals surface area (Å²) in [5.74, 6) is 1.50. The number of rotatable bonds is 4. The number of nitrogens with one attached hydrogen (secondary N) is 2. The number of aromatic nitrogens is 4. The van der Waals surface area contributed by atoms with Gasteiger partial charge < -0.3 is 10.6 Å². The van der Waals surface area contributed by atoms with Gasteiger partial charge >= 0.3 is 0 Å². The highest BCUT2D eigenvalue weighted by Crippen LogP contribution is 2.16. The highest BCUT2D eigenvalue weighted by Gasteiger charge is 2.12. The zero-order chi connectivity index (χ0) is 13.8. The molecule has 2 aromatic rings. The van der Waals surface area contributed by atoms with Crippen molar-refractivity contribution in [2.24, 2.45) is 5.92 Å². The van der Waals surface area contributed by atoms with Crippen molar-refractivity contribution in [1.29, 1.82) is 0 Å². The second kappa shape index (κ2) is 6.00. The highest BCUT2D eigenvalue weighted by atomic mass is 15.5. The van der Waals surface area contributed by atoms with Gasteiger partial charge in [0.05, 0.1) is 5.69 Å². The first-order valence-electron chi connectivity index (χ1n) is 7.13. The predicted octanol–water partition coefficient (Wildman–Crippen LogP) is 1.38. The molecule has 1 atom stereocenters. The molecule has 1 aromatic heterocycles. The van der Waals surface area contributed by atoms with E-state index in [-0.39, 0.29) is 0 Å². The van der Waals surface area contributed by atoms with E-state index in [2.05, 4.69) is 38.3 Å². The normalized spacial score (nSPS) is 18.9. The Morgan fingerprint density at radius 3 is 3.15 bits per heavy atom. The summed E-state index contributed by atoms with van der Waals surface area (Å²) in [5, 5.41) is 18.5. The molecule has 1 aliphatic rings. The van der Waals surface area contributed by atoms with Crippen molar-refractivity contribution in [3.63, 3.8) is 0 Å². The zero-order valence-corrected chi connectivity index (χ0v) is 11.7. The molecule has 0 radical (unpaired) electrons. The van der Waals surface area contributed by atoms with Gasteiger partial charge in [0.25, 0.3) is 0 Å². The highest BCUT2D eigenvalue weighted by molar-refractivity contribution is 5.51. The zero-order valence-electron chi connectivity index (χ0n) is 11.7. The topological polar surface area (TPSA) is 67.7 Å². The molecular formula is C14H20N6. The third-order valence-corrected chi connectivity index (χ3v) is 3.71. The van der Waals surface area contributed by atoms with E-state index in [0.717, 1.165) is 36.8 Å². The molecule has 2 N–H and O–H groups in total. The van der Waals surface area contributed by atoms with Crippen molar-refractivity contribution in [2.75, 3.05) is 25.0 Å². The van der Waals surface area contributed by atoms with Gasteiger partial charge in [-0.1, -0.05) is 6.07 Å². The first-order chi connectivity index (χ1) is 9.83. The smallest absolute Gasteiger partial charge is 0.153 e. The first kappa shape index (κ1) is 13.1. The van der Waals surface area contributed by atoms with Crippen molar-refractivity contribution in [3.05, 3.63) is 30.1 Å². The van der Waals surface area contributed by atoms with Crippen molar-refractivity contribution in [3.8, 4) is 5.69 Å². The third kappa shape index (κ3) is 2.96. The quantitative estimate of drug-likeness (QED) is 0.880. The number of hydrogen-bond donors (Lipinski definition) is 2. The first-order valence-corrected chi connectivity index (χ1v) is 7.13. The average molecular weight is 272 g/mol.